The first-order valence-electron chi connectivity index (χ1n) is 7.29. The number of aryl methyl sites for hydroxylation is 1. The molecule has 21 heavy (non-hydrogen) atoms. The summed E-state index contributed by atoms with van der Waals surface area (Å²) < 4.78 is 18.5. The van der Waals surface area contributed by atoms with Gasteiger partial charge in [-0.25, -0.2) is 4.39 Å². The summed E-state index contributed by atoms with van der Waals surface area (Å²) in [5, 5.41) is 3.30. The van der Waals surface area contributed by atoms with Gasteiger partial charge in [-0.3, -0.25) is 0 Å². The Balaban J connectivity index is 1.96. The molecule has 2 nitrogen and oxygen atoms in total. The van der Waals surface area contributed by atoms with Crippen molar-refractivity contribution in [3.05, 3.63) is 65.5 Å². The highest BCUT2D eigenvalue weighted by Gasteiger charge is 2.12. The number of halogens is 1. The van der Waals surface area contributed by atoms with Crippen LogP contribution < -0.4 is 10.1 Å². The molecule has 0 radical (unpaired) electrons. The van der Waals surface area contributed by atoms with Gasteiger partial charge >= 0.3 is 0 Å². The smallest absolute Gasteiger partial charge is 0.165 e. The van der Waals surface area contributed by atoms with E-state index < -0.39 is 0 Å². The van der Waals surface area contributed by atoms with Crippen molar-refractivity contribution in [3.63, 3.8) is 0 Å². The molecule has 0 aliphatic carbocycles. The van der Waals surface area contributed by atoms with Crippen LogP contribution in [-0.4, -0.2) is 14.2 Å². The molecule has 0 fully saturated rings. The van der Waals surface area contributed by atoms with Crippen molar-refractivity contribution in [2.75, 3.05) is 14.2 Å². The predicted octanol–water partition coefficient (Wildman–Crippen LogP) is 4.12. The predicted molar refractivity (Wildman–Crippen MR) is 84.1 cm³/mol. The summed E-state index contributed by atoms with van der Waals surface area (Å²) in [4.78, 5) is 0. The van der Waals surface area contributed by atoms with E-state index in [9.17, 15) is 4.39 Å². The van der Waals surface area contributed by atoms with Gasteiger partial charge in [-0.2, -0.15) is 0 Å². The Kier molecular flexibility index (Phi) is 5.76. The summed E-state index contributed by atoms with van der Waals surface area (Å²) in [6.07, 6.45) is 3.13. The lowest BCUT2D eigenvalue weighted by atomic mass is 9.99. The van der Waals surface area contributed by atoms with Gasteiger partial charge in [-0.05, 0) is 49.6 Å². The van der Waals surface area contributed by atoms with Crippen LogP contribution in [0.1, 0.15) is 30.0 Å². The first-order valence-corrected chi connectivity index (χ1v) is 7.29. The molecule has 0 aliphatic heterocycles. The Morgan fingerprint density at radius 2 is 1.90 bits per heavy atom. The number of hydrogen-bond donors (Lipinski definition) is 1. The third-order valence-electron chi connectivity index (χ3n) is 3.73. The van der Waals surface area contributed by atoms with E-state index in [0.29, 0.717) is 5.75 Å². The van der Waals surface area contributed by atoms with Crippen molar-refractivity contribution in [1.82, 2.24) is 5.32 Å². The lowest BCUT2D eigenvalue weighted by Gasteiger charge is -2.17. The van der Waals surface area contributed by atoms with E-state index in [2.05, 4.69) is 29.6 Å². The van der Waals surface area contributed by atoms with Gasteiger partial charge in [0.1, 0.15) is 0 Å². The molecule has 3 heteroatoms. The Morgan fingerprint density at radius 1 is 1.14 bits per heavy atom. The highest BCUT2D eigenvalue weighted by Crippen LogP contribution is 2.25. The van der Waals surface area contributed by atoms with Gasteiger partial charge in [-0.1, -0.05) is 36.4 Å². The van der Waals surface area contributed by atoms with Gasteiger partial charge in [0.05, 0.1) is 7.11 Å². The van der Waals surface area contributed by atoms with E-state index in [1.54, 1.807) is 6.07 Å². The maximum atomic E-state index is 13.5. The van der Waals surface area contributed by atoms with Crippen molar-refractivity contribution < 1.29 is 9.13 Å². The molecule has 2 aromatic carbocycles. The molecule has 0 spiro atoms. The number of ether oxygens (including phenoxy) is 1. The first-order chi connectivity index (χ1) is 10.2. The van der Waals surface area contributed by atoms with Gasteiger partial charge in [0, 0.05) is 6.04 Å². The Bertz CT molecular complexity index is 556. The molecular weight excluding hydrogens is 265 g/mol. The average Bonchev–Trinajstić information content (AvgIpc) is 2.53. The molecule has 0 bridgehead atoms. The number of benzene rings is 2. The molecule has 0 aliphatic rings. The van der Waals surface area contributed by atoms with E-state index in [0.717, 1.165) is 24.8 Å². The molecule has 1 N–H and O–H groups in total. The van der Waals surface area contributed by atoms with Gasteiger partial charge in [-0.15, -0.1) is 0 Å². The molecule has 2 rings (SSSR count). The average molecular weight is 287 g/mol. The van der Waals surface area contributed by atoms with Crippen LogP contribution in [0.15, 0.2) is 48.5 Å². The van der Waals surface area contributed by atoms with Gasteiger partial charge in [0.2, 0.25) is 0 Å². The monoisotopic (exact) mass is 287 g/mol. The molecule has 0 heterocycles. The van der Waals surface area contributed by atoms with Crippen molar-refractivity contribution in [2.24, 2.45) is 0 Å². The van der Waals surface area contributed by atoms with E-state index in [1.807, 2.05) is 19.2 Å². The highest BCUT2D eigenvalue weighted by atomic mass is 19.1. The fraction of sp³-hybridized carbons (Fsp3) is 0.333. The van der Waals surface area contributed by atoms with Crippen molar-refractivity contribution in [1.29, 1.82) is 0 Å². The molecule has 2 aromatic rings. The van der Waals surface area contributed by atoms with Crippen molar-refractivity contribution in [2.45, 2.75) is 25.3 Å². The first kappa shape index (κ1) is 15.5. The molecule has 1 atom stereocenters. The highest BCUT2D eigenvalue weighted by molar-refractivity contribution is 5.32. The summed E-state index contributed by atoms with van der Waals surface area (Å²) in [5.74, 6) is -0.0174. The largest absolute Gasteiger partial charge is 0.494 e. The summed E-state index contributed by atoms with van der Waals surface area (Å²) in [6.45, 7) is 0. The number of methoxy groups -OCH3 is 1. The van der Waals surface area contributed by atoms with Gasteiger partial charge < -0.3 is 10.1 Å². The second-order valence-corrected chi connectivity index (χ2v) is 5.11. The zero-order valence-electron chi connectivity index (χ0n) is 12.6. The molecule has 0 saturated carbocycles. The van der Waals surface area contributed by atoms with Crippen LogP contribution in [0.5, 0.6) is 5.75 Å². The number of hydrogen-bond acceptors (Lipinski definition) is 2. The second kappa shape index (κ2) is 7.79. The van der Waals surface area contributed by atoms with Crippen molar-refractivity contribution in [3.8, 4) is 5.75 Å². The zero-order valence-corrected chi connectivity index (χ0v) is 12.6. The van der Waals surface area contributed by atoms with Crippen LogP contribution in [-0.2, 0) is 6.42 Å². The molecule has 0 aromatic heterocycles. The molecule has 1 unspecified atom stereocenters. The fourth-order valence-electron chi connectivity index (χ4n) is 2.53. The summed E-state index contributed by atoms with van der Waals surface area (Å²) in [7, 11) is 3.43. The summed E-state index contributed by atoms with van der Waals surface area (Å²) in [5.41, 5.74) is 2.41. The van der Waals surface area contributed by atoms with Crippen LogP contribution in [0.4, 0.5) is 4.39 Å². The standard InChI is InChI=1S/C18H22FNO/c1-20-17(10-6-9-14-7-4-3-5-8-14)15-11-12-16(19)18(13-15)21-2/h3-5,7-8,11-13,17,20H,6,9-10H2,1-2H3. The summed E-state index contributed by atoms with van der Waals surface area (Å²) >= 11 is 0. The topological polar surface area (TPSA) is 21.3 Å². The molecule has 0 amide bonds. The van der Waals surface area contributed by atoms with Crippen LogP contribution in [0.3, 0.4) is 0 Å². The number of nitrogens with one attached hydrogen (secondary N) is 1. The quantitative estimate of drug-likeness (QED) is 0.827. The van der Waals surface area contributed by atoms with Crippen LogP contribution in [0.2, 0.25) is 0 Å². The van der Waals surface area contributed by atoms with Crippen LogP contribution in [0, 0.1) is 5.82 Å². The SMILES string of the molecule is CNC(CCCc1ccccc1)c1ccc(F)c(OC)c1. The lowest BCUT2D eigenvalue weighted by molar-refractivity contribution is 0.384. The van der Waals surface area contributed by atoms with Crippen LogP contribution >= 0.6 is 0 Å². The van der Waals surface area contributed by atoms with Crippen molar-refractivity contribution >= 4 is 0 Å². The normalized spacial score (nSPS) is 12.1. The minimum absolute atomic E-state index is 0.211. The number of rotatable bonds is 7. The Labute approximate surface area is 126 Å². The third kappa shape index (κ3) is 4.30. The minimum Gasteiger partial charge on any atom is -0.494 e. The van der Waals surface area contributed by atoms with Gasteiger partial charge in [0.25, 0.3) is 0 Å². The van der Waals surface area contributed by atoms with Crippen LogP contribution in [0.25, 0.3) is 0 Å². The van der Waals surface area contributed by atoms with Gasteiger partial charge in [0.15, 0.2) is 11.6 Å². The zero-order chi connectivity index (χ0) is 15.1. The third-order valence-corrected chi connectivity index (χ3v) is 3.73. The maximum absolute atomic E-state index is 13.5. The van der Waals surface area contributed by atoms with E-state index in [-0.39, 0.29) is 11.9 Å². The lowest BCUT2D eigenvalue weighted by Crippen LogP contribution is -2.16. The fourth-order valence-corrected chi connectivity index (χ4v) is 2.53. The molecule has 0 saturated heterocycles. The summed E-state index contributed by atoms with van der Waals surface area (Å²) in [6, 6.07) is 15.7. The minimum atomic E-state index is -0.319. The second-order valence-electron chi connectivity index (χ2n) is 5.11. The van der Waals surface area contributed by atoms with E-state index in [4.69, 9.17) is 4.74 Å². The van der Waals surface area contributed by atoms with E-state index >= 15 is 0 Å². The Hall–Kier alpha value is -1.87. The molecule has 112 valence electrons. The van der Waals surface area contributed by atoms with E-state index in [1.165, 1.54) is 18.7 Å². The molecular formula is C18H22FNO. The Morgan fingerprint density at radius 3 is 2.57 bits per heavy atom. The maximum Gasteiger partial charge on any atom is 0.165 e.